The Balaban J connectivity index is 1.81. The molecule has 0 aliphatic carbocycles. The smallest absolute Gasteiger partial charge is 0.305 e. The number of nitrogens with zero attached hydrogens (tertiary/aromatic N) is 5. The van der Waals surface area contributed by atoms with Crippen molar-refractivity contribution < 1.29 is 18.0 Å². The lowest BCUT2D eigenvalue weighted by molar-refractivity contribution is -0.137. The van der Waals surface area contributed by atoms with E-state index in [0.29, 0.717) is 28.5 Å². The Bertz CT molecular complexity index is 1400. The number of anilines is 1. The summed E-state index contributed by atoms with van der Waals surface area (Å²) in [6.45, 7) is 9.22. The number of nitrogens with one attached hydrogen (secondary N) is 1. The van der Waals surface area contributed by atoms with Gasteiger partial charge in [0.05, 0.1) is 17.0 Å². The van der Waals surface area contributed by atoms with Gasteiger partial charge < -0.3 is 5.32 Å². The van der Waals surface area contributed by atoms with Crippen molar-refractivity contribution in [3.63, 3.8) is 0 Å². The van der Waals surface area contributed by atoms with Crippen molar-refractivity contribution in [3.05, 3.63) is 70.9 Å². The first-order chi connectivity index (χ1) is 15.9. The Morgan fingerprint density at radius 2 is 1.74 bits per heavy atom. The normalized spacial score (nSPS) is 12.2. The summed E-state index contributed by atoms with van der Waals surface area (Å²) in [6, 6.07) is 8.30. The van der Waals surface area contributed by atoms with Crippen LogP contribution in [0.2, 0.25) is 0 Å². The first kappa shape index (κ1) is 23.3. The standard InChI is InChI=1S/C24H23F3N6O/c1-13-12-17(15-8-6-7-9-16(15)24(25,26)27)32-33-19(14(2)29-20(13)33)21(34)30-18-10-11-28-22(31-18)23(3,4)5/h6-12H,1-5H3,(H,28,30,31,34). The van der Waals surface area contributed by atoms with Crippen molar-refractivity contribution in [2.24, 2.45) is 0 Å². The Morgan fingerprint density at radius 1 is 1.03 bits per heavy atom. The molecule has 7 nitrogen and oxygen atoms in total. The van der Waals surface area contributed by atoms with Crippen molar-refractivity contribution in [2.75, 3.05) is 5.32 Å². The molecule has 3 aromatic heterocycles. The Labute approximate surface area is 194 Å². The van der Waals surface area contributed by atoms with Gasteiger partial charge in [0.1, 0.15) is 11.6 Å². The fourth-order valence-corrected chi connectivity index (χ4v) is 3.59. The molecule has 1 amide bonds. The van der Waals surface area contributed by atoms with E-state index in [-0.39, 0.29) is 22.4 Å². The molecule has 4 rings (SSSR count). The number of amides is 1. The molecule has 34 heavy (non-hydrogen) atoms. The number of alkyl halides is 3. The highest BCUT2D eigenvalue weighted by Gasteiger charge is 2.34. The number of carbonyl (C=O) groups is 1. The van der Waals surface area contributed by atoms with Crippen molar-refractivity contribution in [2.45, 2.75) is 46.2 Å². The minimum Gasteiger partial charge on any atom is -0.305 e. The van der Waals surface area contributed by atoms with Gasteiger partial charge >= 0.3 is 6.18 Å². The van der Waals surface area contributed by atoms with E-state index in [1.54, 1.807) is 26.1 Å². The van der Waals surface area contributed by atoms with Gasteiger partial charge in [0, 0.05) is 17.2 Å². The topological polar surface area (TPSA) is 85.1 Å². The lowest BCUT2D eigenvalue weighted by atomic mass is 9.96. The van der Waals surface area contributed by atoms with Gasteiger partial charge in [-0.1, -0.05) is 39.0 Å². The molecule has 0 aliphatic rings. The largest absolute Gasteiger partial charge is 0.417 e. The zero-order valence-electron chi connectivity index (χ0n) is 19.3. The predicted molar refractivity (Wildman–Crippen MR) is 122 cm³/mol. The van der Waals surface area contributed by atoms with Crippen LogP contribution < -0.4 is 5.32 Å². The summed E-state index contributed by atoms with van der Waals surface area (Å²) in [5.41, 5.74) is 0.346. The number of halogens is 3. The van der Waals surface area contributed by atoms with Crippen LogP contribution >= 0.6 is 0 Å². The number of benzene rings is 1. The summed E-state index contributed by atoms with van der Waals surface area (Å²) >= 11 is 0. The van der Waals surface area contributed by atoms with E-state index < -0.39 is 17.6 Å². The molecule has 10 heteroatoms. The summed E-state index contributed by atoms with van der Waals surface area (Å²) in [6.07, 6.45) is -3.00. The van der Waals surface area contributed by atoms with E-state index in [1.807, 2.05) is 20.8 Å². The Hall–Kier alpha value is -3.82. The van der Waals surface area contributed by atoms with Gasteiger partial charge in [-0.25, -0.2) is 19.5 Å². The number of aryl methyl sites for hydroxylation is 2. The minimum absolute atomic E-state index is 0.0802. The summed E-state index contributed by atoms with van der Waals surface area (Å²) in [7, 11) is 0. The summed E-state index contributed by atoms with van der Waals surface area (Å²) in [5, 5.41) is 7.11. The highest BCUT2D eigenvalue weighted by molar-refractivity contribution is 6.04. The highest BCUT2D eigenvalue weighted by Crippen LogP contribution is 2.36. The van der Waals surface area contributed by atoms with Crippen LogP contribution in [0.5, 0.6) is 0 Å². The number of aromatic nitrogens is 5. The maximum atomic E-state index is 13.6. The third kappa shape index (κ3) is 4.35. The minimum atomic E-state index is -4.55. The second kappa shape index (κ2) is 8.19. The van der Waals surface area contributed by atoms with Crippen molar-refractivity contribution in [1.29, 1.82) is 0 Å². The molecule has 0 spiro atoms. The van der Waals surface area contributed by atoms with E-state index in [1.165, 1.54) is 28.8 Å². The van der Waals surface area contributed by atoms with Crippen LogP contribution in [0.15, 0.2) is 42.6 Å². The lowest BCUT2D eigenvalue weighted by Gasteiger charge is -2.17. The number of fused-ring (bicyclic) bond motifs is 1. The first-order valence-corrected chi connectivity index (χ1v) is 10.5. The molecule has 0 bridgehead atoms. The number of imidazole rings is 1. The first-order valence-electron chi connectivity index (χ1n) is 10.5. The molecule has 0 atom stereocenters. The van der Waals surface area contributed by atoms with E-state index in [2.05, 4.69) is 25.4 Å². The molecular formula is C24H23F3N6O. The fraction of sp³-hybridized carbons (Fsp3) is 0.292. The molecule has 0 fully saturated rings. The van der Waals surface area contributed by atoms with Crippen molar-refractivity contribution in [3.8, 4) is 11.3 Å². The van der Waals surface area contributed by atoms with Gasteiger partial charge in [0.2, 0.25) is 0 Å². The fourth-order valence-electron chi connectivity index (χ4n) is 3.59. The molecule has 4 aromatic rings. The van der Waals surface area contributed by atoms with Gasteiger partial charge in [-0.05, 0) is 37.6 Å². The third-order valence-corrected chi connectivity index (χ3v) is 5.23. The second-order valence-electron chi connectivity index (χ2n) is 9.01. The SMILES string of the molecule is Cc1nc2c(C)cc(-c3ccccc3C(F)(F)F)nn2c1C(=O)Nc1ccnc(C(C)(C)C)n1. The van der Waals surface area contributed by atoms with Gasteiger partial charge in [-0.2, -0.15) is 18.3 Å². The summed E-state index contributed by atoms with van der Waals surface area (Å²) < 4.78 is 42.1. The average molecular weight is 468 g/mol. The van der Waals surface area contributed by atoms with Crippen molar-refractivity contribution in [1.82, 2.24) is 24.6 Å². The monoisotopic (exact) mass is 468 g/mol. The van der Waals surface area contributed by atoms with E-state index in [4.69, 9.17) is 0 Å². The summed E-state index contributed by atoms with van der Waals surface area (Å²) in [5.74, 6) is 0.325. The number of hydrogen-bond acceptors (Lipinski definition) is 5. The number of carbonyl (C=O) groups excluding carboxylic acids is 1. The van der Waals surface area contributed by atoms with Crippen LogP contribution in [-0.2, 0) is 11.6 Å². The maximum Gasteiger partial charge on any atom is 0.417 e. The van der Waals surface area contributed by atoms with Gasteiger partial charge in [0.15, 0.2) is 11.3 Å². The lowest BCUT2D eigenvalue weighted by Crippen LogP contribution is -2.20. The second-order valence-corrected chi connectivity index (χ2v) is 9.01. The predicted octanol–water partition coefficient (Wildman–Crippen LogP) is 5.37. The molecular weight excluding hydrogens is 445 g/mol. The van der Waals surface area contributed by atoms with E-state index >= 15 is 0 Å². The molecule has 1 N–H and O–H groups in total. The van der Waals surface area contributed by atoms with Crippen LogP contribution in [0.1, 0.15) is 53.9 Å². The van der Waals surface area contributed by atoms with Gasteiger partial charge in [-0.15, -0.1) is 0 Å². The maximum absolute atomic E-state index is 13.6. The molecule has 0 saturated carbocycles. The molecule has 176 valence electrons. The molecule has 3 heterocycles. The van der Waals surface area contributed by atoms with Crippen molar-refractivity contribution >= 4 is 17.4 Å². The molecule has 1 aromatic carbocycles. The molecule has 0 saturated heterocycles. The van der Waals surface area contributed by atoms with Crippen LogP contribution in [0, 0.1) is 13.8 Å². The van der Waals surface area contributed by atoms with Gasteiger partial charge in [0.25, 0.3) is 5.91 Å². The van der Waals surface area contributed by atoms with Crippen LogP contribution in [0.3, 0.4) is 0 Å². The molecule has 0 unspecified atom stereocenters. The average Bonchev–Trinajstić information content (AvgIpc) is 3.09. The summed E-state index contributed by atoms with van der Waals surface area (Å²) in [4.78, 5) is 26.3. The van der Waals surface area contributed by atoms with Gasteiger partial charge in [-0.3, -0.25) is 4.79 Å². The van der Waals surface area contributed by atoms with Crippen LogP contribution in [0.4, 0.5) is 19.0 Å². The van der Waals surface area contributed by atoms with E-state index in [0.717, 1.165) is 6.07 Å². The Kier molecular flexibility index (Phi) is 5.63. The van der Waals surface area contributed by atoms with Crippen LogP contribution in [0.25, 0.3) is 16.9 Å². The zero-order chi connectivity index (χ0) is 24.8. The van der Waals surface area contributed by atoms with E-state index in [9.17, 15) is 18.0 Å². The number of rotatable bonds is 3. The quantitative estimate of drug-likeness (QED) is 0.437. The number of hydrogen-bond donors (Lipinski definition) is 1. The zero-order valence-corrected chi connectivity index (χ0v) is 19.3. The highest BCUT2D eigenvalue weighted by atomic mass is 19.4. The third-order valence-electron chi connectivity index (χ3n) is 5.23. The molecule has 0 radical (unpaired) electrons. The van der Waals surface area contributed by atoms with Crippen LogP contribution in [-0.4, -0.2) is 30.5 Å². The Morgan fingerprint density at radius 3 is 2.41 bits per heavy atom. The molecule has 0 aliphatic heterocycles.